The zero-order valence-electron chi connectivity index (χ0n) is 18.0. The normalized spacial score (nSPS) is 10.0. The number of aromatic nitrogens is 1. The summed E-state index contributed by atoms with van der Waals surface area (Å²) >= 11 is 0. The number of para-hydroxylation sites is 1. The number of nitrogens with one attached hydrogen (secondary N) is 1. The zero-order chi connectivity index (χ0) is 21.1. The van der Waals surface area contributed by atoms with Crippen LogP contribution in [-0.2, 0) is 11.2 Å². The molecule has 1 aromatic heterocycles. The number of fused-ring (bicyclic) bond motifs is 1. The number of ether oxygens (including phenoxy) is 1. The van der Waals surface area contributed by atoms with Crippen molar-refractivity contribution in [1.82, 2.24) is 4.98 Å². The van der Waals surface area contributed by atoms with E-state index in [1.54, 1.807) is 7.11 Å². The Morgan fingerprint density at radius 2 is 1.71 bits per heavy atom. The molecule has 3 N–H and O–H groups in total. The summed E-state index contributed by atoms with van der Waals surface area (Å²) in [6.07, 6.45) is 3.41. The van der Waals surface area contributed by atoms with Gasteiger partial charge in [-0.1, -0.05) is 58.0 Å². The van der Waals surface area contributed by atoms with Gasteiger partial charge in [0.2, 0.25) is 0 Å². The van der Waals surface area contributed by atoms with Crippen LogP contribution in [0.15, 0.2) is 48.7 Å². The first-order valence-electron chi connectivity index (χ1n) is 9.94. The lowest BCUT2D eigenvalue weighted by Crippen LogP contribution is -2.07. The summed E-state index contributed by atoms with van der Waals surface area (Å²) in [7, 11) is 3.17. The fourth-order valence-corrected chi connectivity index (χ4v) is 2.98. The van der Waals surface area contributed by atoms with Gasteiger partial charge in [-0.25, -0.2) is 0 Å². The fourth-order valence-electron chi connectivity index (χ4n) is 2.98. The molecule has 0 aliphatic heterocycles. The van der Waals surface area contributed by atoms with Crippen LogP contribution in [-0.4, -0.2) is 24.9 Å². The SMILES string of the molecule is CC.CN.COc1ccc(-c2cccc3c(CCC(=O)C(C)C)c[nH]c23)cc1. The number of ketones is 1. The highest BCUT2D eigenvalue weighted by Gasteiger charge is 2.12. The number of Topliss-reactive ketones (excluding diaryl/α,β-unsaturated/α-hetero) is 1. The van der Waals surface area contributed by atoms with E-state index in [0.717, 1.165) is 28.8 Å². The van der Waals surface area contributed by atoms with Gasteiger partial charge in [0.15, 0.2) is 0 Å². The minimum Gasteiger partial charge on any atom is -0.497 e. The lowest BCUT2D eigenvalue weighted by Gasteiger charge is -2.06. The van der Waals surface area contributed by atoms with E-state index in [0.29, 0.717) is 12.2 Å². The molecule has 4 heteroatoms. The number of nitrogens with two attached hydrogens (primary N) is 1. The zero-order valence-corrected chi connectivity index (χ0v) is 18.0. The van der Waals surface area contributed by atoms with Crippen molar-refractivity contribution >= 4 is 16.7 Å². The highest BCUT2D eigenvalue weighted by atomic mass is 16.5. The van der Waals surface area contributed by atoms with Crippen molar-refractivity contribution in [3.63, 3.8) is 0 Å². The van der Waals surface area contributed by atoms with Gasteiger partial charge < -0.3 is 15.5 Å². The number of methoxy groups -OCH3 is 1. The second-order valence-corrected chi connectivity index (χ2v) is 6.39. The van der Waals surface area contributed by atoms with Crippen molar-refractivity contribution in [2.45, 2.75) is 40.5 Å². The van der Waals surface area contributed by atoms with Gasteiger partial charge in [-0.3, -0.25) is 4.79 Å². The number of hydrogen-bond donors (Lipinski definition) is 2. The van der Waals surface area contributed by atoms with E-state index in [1.165, 1.54) is 18.0 Å². The maximum atomic E-state index is 11.9. The van der Waals surface area contributed by atoms with Gasteiger partial charge in [-0.05, 0) is 36.7 Å². The minimum atomic E-state index is 0.102. The average molecular weight is 383 g/mol. The summed E-state index contributed by atoms with van der Waals surface area (Å²) < 4.78 is 5.23. The van der Waals surface area contributed by atoms with Crippen LogP contribution in [0.2, 0.25) is 0 Å². The third kappa shape index (κ3) is 5.70. The third-order valence-corrected chi connectivity index (χ3v) is 4.49. The smallest absolute Gasteiger partial charge is 0.135 e. The van der Waals surface area contributed by atoms with Crippen LogP contribution in [0.25, 0.3) is 22.0 Å². The predicted octanol–water partition coefficient (Wildman–Crippen LogP) is 5.60. The van der Waals surface area contributed by atoms with Crippen molar-refractivity contribution < 1.29 is 9.53 Å². The summed E-state index contributed by atoms with van der Waals surface area (Å²) in [5, 5.41) is 1.19. The topological polar surface area (TPSA) is 68.1 Å². The largest absolute Gasteiger partial charge is 0.497 e. The van der Waals surface area contributed by atoms with Crippen LogP contribution in [0.5, 0.6) is 5.75 Å². The quantitative estimate of drug-likeness (QED) is 0.583. The Morgan fingerprint density at radius 1 is 1.07 bits per heavy atom. The molecule has 4 nitrogen and oxygen atoms in total. The Kier molecular flexibility index (Phi) is 10.0. The molecule has 0 spiro atoms. The Hall–Kier alpha value is -2.59. The number of rotatable bonds is 6. The molecule has 0 fully saturated rings. The molecule has 0 atom stereocenters. The first kappa shape index (κ1) is 23.4. The molecule has 152 valence electrons. The van der Waals surface area contributed by atoms with E-state index < -0.39 is 0 Å². The van der Waals surface area contributed by atoms with E-state index >= 15 is 0 Å². The van der Waals surface area contributed by atoms with E-state index in [-0.39, 0.29) is 5.92 Å². The van der Waals surface area contributed by atoms with Crippen LogP contribution >= 0.6 is 0 Å². The van der Waals surface area contributed by atoms with Gasteiger partial charge in [0.05, 0.1) is 12.6 Å². The molecule has 0 bridgehead atoms. The number of benzene rings is 2. The summed E-state index contributed by atoms with van der Waals surface area (Å²) in [5.74, 6) is 1.27. The molecule has 0 saturated carbocycles. The lowest BCUT2D eigenvalue weighted by molar-refractivity contribution is -0.121. The minimum absolute atomic E-state index is 0.102. The van der Waals surface area contributed by atoms with E-state index in [4.69, 9.17) is 4.74 Å². The summed E-state index contributed by atoms with van der Waals surface area (Å²) in [5.41, 5.74) is 9.13. The van der Waals surface area contributed by atoms with Crippen LogP contribution in [0, 0.1) is 5.92 Å². The average Bonchev–Trinajstić information content (AvgIpc) is 3.18. The molecule has 0 aliphatic carbocycles. The van der Waals surface area contributed by atoms with Gasteiger partial charge >= 0.3 is 0 Å². The molecule has 28 heavy (non-hydrogen) atoms. The molecule has 0 aliphatic rings. The molecule has 3 rings (SSSR count). The second kappa shape index (κ2) is 12.0. The Balaban J connectivity index is 0.000000921. The van der Waals surface area contributed by atoms with E-state index in [1.807, 2.05) is 46.0 Å². The molecular formula is C24H34N2O2. The van der Waals surface area contributed by atoms with Gasteiger partial charge in [-0.15, -0.1) is 0 Å². The Labute approximate surface area is 169 Å². The number of carbonyl (C=O) groups excluding carboxylic acids is 1. The third-order valence-electron chi connectivity index (χ3n) is 4.49. The van der Waals surface area contributed by atoms with E-state index in [2.05, 4.69) is 41.0 Å². The first-order chi connectivity index (χ1) is 13.6. The second-order valence-electron chi connectivity index (χ2n) is 6.39. The number of hydrogen-bond acceptors (Lipinski definition) is 3. The molecule has 0 radical (unpaired) electrons. The summed E-state index contributed by atoms with van der Waals surface area (Å²) in [6.45, 7) is 7.92. The van der Waals surface area contributed by atoms with Crippen LogP contribution in [0.3, 0.4) is 0 Å². The summed E-state index contributed by atoms with van der Waals surface area (Å²) in [6, 6.07) is 14.4. The van der Waals surface area contributed by atoms with Gasteiger partial charge in [0.1, 0.15) is 11.5 Å². The lowest BCUT2D eigenvalue weighted by atomic mass is 9.98. The molecule has 1 heterocycles. The number of aromatic amines is 1. The molecule has 3 aromatic rings. The van der Waals surface area contributed by atoms with Crippen molar-refractivity contribution in [3.8, 4) is 16.9 Å². The Bertz CT molecular complexity index is 849. The number of H-pyrrole nitrogens is 1. The number of carbonyl (C=O) groups is 1. The van der Waals surface area contributed by atoms with Gasteiger partial charge in [0.25, 0.3) is 0 Å². The molecule has 0 unspecified atom stereocenters. The molecule has 0 saturated heterocycles. The fraction of sp³-hybridized carbons (Fsp3) is 0.375. The first-order valence-corrected chi connectivity index (χ1v) is 9.94. The van der Waals surface area contributed by atoms with Gasteiger partial charge in [-0.2, -0.15) is 0 Å². The van der Waals surface area contributed by atoms with Crippen molar-refractivity contribution in [2.75, 3.05) is 14.2 Å². The van der Waals surface area contributed by atoms with Crippen molar-refractivity contribution in [3.05, 3.63) is 54.2 Å². The molecule has 2 aromatic carbocycles. The maximum absolute atomic E-state index is 11.9. The molecular weight excluding hydrogens is 348 g/mol. The maximum Gasteiger partial charge on any atom is 0.135 e. The highest BCUT2D eigenvalue weighted by molar-refractivity contribution is 5.96. The predicted molar refractivity (Wildman–Crippen MR) is 120 cm³/mol. The standard InChI is InChI=1S/C21H23NO2.C2H6.CH5N/c1-14(2)20(23)12-9-16-13-22-21-18(5-4-6-19(16)21)15-7-10-17(24-3)11-8-15;2*1-2/h4-8,10-11,13-14,22H,9,12H2,1-3H3;1-2H3;2H2,1H3. The summed E-state index contributed by atoms with van der Waals surface area (Å²) in [4.78, 5) is 15.3. The van der Waals surface area contributed by atoms with E-state index in [9.17, 15) is 4.79 Å². The van der Waals surface area contributed by atoms with Gasteiger partial charge in [0, 0.05) is 29.5 Å². The van der Waals surface area contributed by atoms with Crippen LogP contribution in [0.1, 0.15) is 39.7 Å². The monoisotopic (exact) mass is 382 g/mol. The molecule has 0 amide bonds. The van der Waals surface area contributed by atoms with Crippen molar-refractivity contribution in [2.24, 2.45) is 11.7 Å². The number of aryl methyl sites for hydroxylation is 1. The van der Waals surface area contributed by atoms with Crippen molar-refractivity contribution in [1.29, 1.82) is 0 Å². The van der Waals surface area contributed by atoms with Crippen LogP contribution < -0.4 is 10.5 Å². The highest BCUT2D eigenvalue weighted by Crippen LogP contribution is 2.31. The van der Waals surface area contributed by atoms with Crippen LogP contribution in [0.4, 0.5) is 0 Å². The Morgan fingerprint density at radius 3 is 2.29 bits per heavy atom.